The van der Waals surface area contributed by atoms with Crippen LogP contribution in [0.4, 0.5) is 5.69 Å². The van der Waals surface area contributed by atoms with Gasteiger partial charge in [-0.05, 0) is 52.2 Å². The van der Waals surface area contributed by atoms with Crippen molar-refractivity contribution >= 4 is 18.3 Å². The fourth-order valence-electron chi connectivity index (χ4n) is 2.02. The van der Waals surface area contributed by atoms with Gasteiger partial charge < -0.3 is 14.6 Å². The Morgan fingerprint density at radius 3 is 2.11 bits per heavy atom. The fourth-order valence-corrected chi connectivity index (χ4v) is 2.02. The molecule has 1 aromatic carbocycles. The molecule has 0 aromatic heterocycles. The molecule has 1 aliphatic heterocycles. The van der Waals surface area contributed by atoms with Gasteiger partial charge in [0.2, 0.25) is 0 Å². The largest absolute Gasteiger partial charge is 0.495 e. The van der Waals surface area contributed by atoms with Gasteiger partial charge in [-0.1, -0.05) is 11.6 Å². The molecule has 4 heteroatoms. The summed E-state index contributed by atoms with van der Waals surface area (Å²) in [5.41, 5.74) is 2.78. The lowest BCUT2D eigenvalue weighted by Crippen LogP contribution is -2.41. The second kappa shape index (κ2) is 4.28. The van der Waals surface area contributed by atoms with Crippen LogP contribution in [0, 0.1) is 6.92 Å². The fraction of sp³-hybridized carbons (Fsp3) is 0.571. The molecule has 0 unspecified atom stereocenters. The Labute approximate surface area is 110 Å². The second-order valence-electron chi connectivity index (χ2n) is 5.91. The Morgan fingerprint density at radius 1 is 1.06 bits per heavy atom. The van der Waals surface area contributed by atoms with Gasteiger partial charge >= 0.3 is 7.12 Å². The van der Waals surface area contributed by atoms with E-state index in [0.29, 0.717) is 0 Å². The number of anilines is 1. The SMILES string of the molecule is CNc1ccc(C)c(B2OC(C)(C)C(C)(C)O2)c1. The third-order valence-electron chi connectivity index (χ3n) is 4.08. The van der Waals surface area contributed by atoms with Gasteiger partial charge in [0, 0.05) is 12.7 Å². The molecule has 0 radical (unpaired) electrons. The zero-order chi connectivity index (χ0) is 13.6. The van der Waals surface area contributed by atoms with E-state index in [1.807, 2.05) is 7.05 Å². The summed E-state index contributed by atoms with van der Waals surface area (Å²) in [5, 5.41) is 3.15. The molecule has 1 aliphatic rings. The summed E-state index contributed by atoms with van der Waals surface area (Å²) in [6.45, 7) is 10.4. The normalized spacial score (nSPS) is 21.1. The van der Waals surface area contributed by atoms with Crippen molar-refractivity contribution in [1.29, 1.82) is 0 Å². The standard InChI is InChI=1S/C14H22BNO2/c1-10-7-8-11(16-6)9-12(10)15-17-13(2,3)14(4,5)18-15/h7-9,16H,1-6H3. The van der Waals surface area contributed by atoms with Crippen molar-refractivity contribution in [3.8, 4) is 0 Å². The summed E-state index contributed by atoms with van der Waals surface area (Å²) < 4.78 is 12.2. The summed E-state index contributed by atoms with van der Waals surface area (Å²) in [4.78, 5) is 0. The highest BCUT2D eigenvalue weighted by molar-refractivity contribution is 6.62. The van der Waals surface area contributed by atoms with Crippen molar-refractivity contribution in [1.82, 2.24) is 0 Å². The average Bonchev–Trinajstić information content (AvgIpc) is 2.48. The van der Waals surface area contributed by atoms with Crippen LogP contribution in [0.2, 0.25) is 0 Å². The minimum atomic E-state index is -0.292. The third-order valence-corrected chi connectivity index (χ3v) is 4.08. The molecule has 1 fully saturated rings. The quantitative estimate of drug-likeness (QED) is 0.813. The van der Waals surface area contributed by atoms with Crippen LogP contribution < -0.4 is 10.8 Å². The lowest BCUT2D eigenvalue weighted by Gasteiger charge is -2.32. The topological polar surface area (TPSA) is 30.5 Å². The lowest BCUT2D eigenvalue weighted by molar-refractivity contribution is 0.00578. The first-order chi connectivity index (χ1) is 8.27. The Morgan fingerprint density at radius 2 is 1.61 bits per heavy atom. The Hall–Kier alpha value is -0.995. The molecule has 1 heterocycles. The molecule has 18 heavy (non-hydrogen) atoms. The maximum absolute atomic E-state index is 6.08. The van der Waals surface area contributed by atoms with Gasteiger partial charge in [0.15, 0.2) is 0 Å². The van der Waals surface area contributed by atoms with Gasteiger partial charge in [0.05, 0.1) is 11.2 Å². The zero-order valence-electron chi connectivity index (χ0n) is 12.1. The monoisotopic (exact) mass is 247 g/mol. The minimum Gasteiger partial charge on any atom is -0.399 e. The van der Waals surface area contributed by atoms with Crippen LogP contribution in [-0.2, 0) is 9.31 Å². The Kier molecular flexibility index (Phi) is 3.20. The number of benzene rings is 1. The summed E-state index contributed by atoms with van der Waals surface area (Å²) >= 11 is 0. The summed E-state index contributed by atoms with van der Waals surface area (Å²) in [7, 11) is 1.63. The molecule has 1 aromatic rings. The molecule has 0 bridgehead atoms. The number of hydrogen-bond acceptors (Lipinski definition) is 3. The van der Waals surface area contributed by atoms with E-state index in [0.717, 1.165) is 11.2 Å². The Bertz CT molecular complexity index is 441. The number of nitrogens with one attached hydrogen (secondary N) is 1. The van der Waals surface area contributed by atoms with Crippen LogP contribution in [0.3, 0.4) is 0 Å². The van der Waals surface area contributed by atoms with Gasteiger partial charge in [0.1, 0.15) is 0 Å². The first-order valence-electron chi connectivity index (χ1n) is 6.41. The molecule has 0 atom stereocenters. The molecule has 2 rings (SSSR count). The van der Waals surface area contributed by atoms with E-state index >= 15 is 0 Å². The molecule has 1 N–H and O–H groups in total. The van der Waals surface area contributed by atoms with E-state index in [9.17, 15) is 0 Å². The van der Waals surface area contributed by atoms with Gasteiger partial charge in [-0.25, -0.2) is 0 Å². The highest BCUT2D eigenvalue weighted by Crippen LogP contribution is 2.36. The smallest absolute Gasteiger partial charge is 0.399 e. The second-order valence-corrected chi connectivity index (χ2v) is 5.91. The van der Waals surface area contributed by atoms with Gasteiger partial charge in [-0.3, -0.25) is 0 Å². The first kappa shape index (κ1) is 13.4. The van der Waals surface area contributed by atoms with E-state index in [4.69, 9.17) is 9.31 Å². The maximum Gasteiger partial charge on any atom is 0.495 e. The van der Waals surface area contributed by atoms with Crippen molar-refractivity contribution in [2.45, 2.75) is 45.8 Å². The van der Waals surface area contributed by atoms with Gasteiger partial charge in [-0.15, -0.1) is 0 Å². The van der Waals surface area contributed by atoms with Gasteiger partial charge in [0.25, 0.3) is 0 Å². The predicted octanol–water partition coefficient (Wildman–Crippen LogP) is 2.34. The summed E-state index contributed by atoms with van der Waals surface area (Å²) in [6, 6.07) is 6.24. The summed E-state index contributed by atoms with van der Waals surface area (Å²) in [5.74, 6) is 0. The first-order valence-corrected chi connectivity index (χ1v) is 6.41. The zero-order valence-corrected chi connectivity index (χ0v) is 12.1. The van der Waals surface area contributed by atoms with Crippen molar-refractivity contribution in [2.24, 2.45) is 0 Å². The van der Waals surface area contributed by atoms with E-state index in [1.54, 1.807) is 0 Å². The molecule has 1 saturated heterocycles. The van der Waals surface area contributed by atoms with E-state index in [1.165, 1.54) is 5.56 Å². The summed E-state index contributed by atoms with van der Waals surface area (Å²) in [6.07, 6.45) is 0. The van der Waals surface area contributed by atoms with E-state index < -0.39 is 0 Å². The van der Waals surface area contributed by atoms with Crippen LogP contribution in [0.15, 0.2) is 18.2 Å². The molecule has 0 aliphatic carbocycles. The van der Waals surface area contributed by atoms with Crippen LogP contribution in [0.1, 0.15) is 33.3 Å². The van der Waals surface area contributed by atoms with Crippen molar-refractivity contribution in [3.05, 3.63) is 23.8 Å². The highest BCUT2D eigenvalue weighted by atomic mass is 16.7. The minimum absolute atomic E-state index is 0.289. The number of rotatable bonds is 2. The molecule has 3 nitrogen and oxygen atoms in total. The van der Waals surface area contributed by atoms with E-state index in [2.05, 4.69) is 58.1 Å². The molecule has 0 saturated carbocycles. The lowest BCUT2D eigenvalue weighted by atomic mass is 9.76. The van der Waals surface area contributed by atoms with Crippen LogP contribution in [0.5, 0.6) is 0 Å². The van der Waals surface area contributed by atoms with E-state index in [-0.39, 0.29) is 18.3 Å². The number of hydrogen-bond donors (Lipinski definition) is 1. The van der Waals surface area contributed by atoms with Crippen LogP contribution >= 0.6 is 0 Å². The molecule has 0 spiro atoms. The average molecular weight is 247 g/mol. The maximum atomic E-state index is 6.08. The molecule has 98 valence electrons. The van der Waals surface area contributed by atoms with Gasteiger partial charge in [-0.2, -0.15) is 0 Å². The van der Waals surface area contributed by atoms with Crippen LogP contribution in [-0.4, -0.2) is 25.4 Å². The predicted molar refractivity (Wildman–Crippen MR) is 76.4 cm³/mol. The van der Waals surface area contributed by atoms with Crippen molar-refractivity contribution in [3.63, 3.8) is 0 Å². The Balaban J connectivity index is 2.34. The van der Waals surface area contributed by atoms with Crippen molar-refractivity contribution < 1.29 is 9.31 Å². The molecular weight excluding hydrogens is 225 g/mol. The van der Waals surface area contributed by atoms with Crippen molar-refractivity contribution in [2.75, 3.05) is 12.4 Å². The van der Waals surface area contributed by atoms with Crippen LogP contribution in [0.25, 0.3) is 0 Å². The number of aryl methyl sites for hydroxylation is 1. The molecular formula is C14H22BNO2. The third kappa shape index (κ3) is 2.15. The highest BCUT2D eigenvalue weighted by Gasteiger charge is 2.52. The molecule has 0 amide bonds.